The standard InChI is InChI=1S/C13H12ClFN4S/c14-11-6-12(19-13(16)18-11)17-9-3-4-20-10-2-1-7(15)5-8(9)10/h1-2,5-6,9H,3-4H2,(H3,16,17,18,19). The van der Waals surface area contributed by atoms with Crippen LogP contribution in [0.2, 0.25) is 5.15 Å². The van der Waals surface area contributed by atoms with Crippen molar-refractivity contribution < 1.29 is 4.39 Å². The van der Waals surface area contributed by atoms with Crippen LogP contribution < -0.4 is 11.1 Å². The molecule has 4 nitrogen and oxygen atoms in total. The number of halogens is 2. The fourth-order valence-corrected chi connectivity index (χ4v) is 3.50. The lowest BCUT2D eigenvalue weighted by molar-refractivity contribution is 0.615. The van der Waals surface area contributed by atoms with Crippen molar-refractivity contribution >= 4 is 35.1 Å². The van der Waals surface area contributed by atoms with E-state index in [9.17, 15) is 4.39 Å². The molecule has 1 aliphatic rings. The number of nitrogens with one attached hydrogen (secondary N) is 1. The Labute approximate surface area is 124 Å². The van der Waals surface area contributed by atoms with Crippen molar-refractivity contribution in [2.24, 2.45) is 0 Å². The van der Waals surface area contributed by atoms with Gasteiger partial charge < -0.3 is 11.1 Å². The van der Waals surface area contributed by atoms with Crippen LogP contribution in [0.15, 0.2) is 29.2 Å². The van der Waals surface area contributed by atoms with Crippen molar-refractivity contribution in [2.75, 3.05) is 16.8 Å². The number of benzene rings is 1. The molecule has 104 valence electrons. The van der Waals surface area contributed by atoms with Gasteiger partial charge in [0, 0.05) is 16.7 Å². The third-order valence-corrected chi connectivity index (χ3v) is 4.36. The van der Waals surface area contributed by atoms with E-state index in [1.54, 1.807) is 23.9 Å². The summed E-state index contributed by atoms with van der Waals surface area (Å²) in [5.74, 6) is 1.39. The zero-order chi connectivity index (χ0) is 14.1. The molecule has 3 N–H and O–H groups in total. The summed E-state index contributed by atoms with van der Waals surface area (Å²) in [6, 6.07) is 6.45. The molecule has 20 heavy (non-hydrogen) atoms. The van der Waals surface area contributed by atoms with Gasteiger partial charge in [-0.15, -0.1) is 11.8 Å². The van der Waals surface area contributed by atoms with E-state index in [4.69, 9.17) is 17.3 Å². The zero-order valence-corrected chi connectivity index (χ0v) is 12.0. The summed E-state index contributed by atoms with van der Waals surface area (Å²) in [6.45, 7) is 0. The van der Waals surface area contributed by atoms with Gasteiger partial charge in [0.1, 0.15) is 16.8 Å². The number of hydrogen-bond donors (Lipinski definition) is 2. The molecular weight excluding hydrogens is 299 g/mol. The van der Waals surface area contributed by atoms with Crippen molar-refractivity contribution in [3.8, 4) is 0 Å². The molecule has 0 saturated heterocycles. The number of nitrogen functional groups attached to an aromatic ring is 1. The first-order chi connectivity index (χ1) is 9.61. The van der Waals surface area contributed by atoms with Crippen LogP contribution in [0, 0.1) is 5.82 Å². The first kappa shape index (κ1) is 13.5. The number of hydrogen-bond acceptors (Lipinski definition) is 5. The number of fused-ring (bicyclic) bond motifs is 1. The van der Waals surface area contributed by atoms with Gasteiger partial charge in [-0.05, 0) is 30.2 Å². The molecule has 0 fully saturated rings. The molecule has 1 unspecified atom stereocenters. The van der Waals surface area contributed by atoms with Crippen molar-refractivity contribution in [3.63, 3.8) is 0 Å². The lowest BCUT2D eigenvalue weighted by Crippen LogP contribution is -2.17. The van der Waals surface area contributed by atoms with Gasteiger partial charge >= 0.3 is 0 Å². The highest BCUT2D eigenvalue weighted by atomic mass is 35.5. The van der Waals surface area contributed by atoms with E-state index in [-0.39, 0.29) is 23.0 Å². The second-order valence-electron chi connectivity index (χ2n) is 4.45. The molecule has 1 aromatic carbocycles. The minimum atomic E-state index is -0.238. The van der Waals surface area contributed by atoms with Crippen LogP contribution in [0.1, 0.15) is 18.0 Å². The first-order valence-corrected chi connectivity index (χ1v) is 7.47. The molecule has 0 aliphatic carbocycles. The molecule has 1 atom stereocenters. The smallest absolute Gasteiger partial charge is 0.223 e. The van der Waals surface area contributed by atoms with E-state index in [1.807, 2.05) is 6.07 Å². The molecule has 0 bridgehead atoms. The minimum absolute atomic E-state index is 0.00711. The predicted octanol–water partition coefficient (Wildman–Crippen LogP) is 3.50. The van der Waals surface area contributed by atoms with E-state index in [0.717, 1.165) is 22.6 Å². The van der Waals surface area contributed by atoms with Gasteiger partial charge in [-0.1, -0.05) is 11.6 Å². The Hall–Kier alpha value is -1.53. The van der Waals surface area contributed by atoms with Crippen molar-refractivity contribution in [1.29, 1.82) is 0 Å². The molecule has 0 spiro atoms. The zero-order valence-electron chi connectivity index (χ0n) is 10.4. The van der Waals surface area contributed by atoms with Gasteiger partial charge in [0.2, 0.25) is 5.95 Å². The third-order valence-electron chi connectivity index (χ3n) is 3.05. The summed E-state index contributed by atoms with van der Waals surface area (Å²) in [7, 11) is 0. The Balaban J connectivity index is 1.91. The summed E-state index contributed by atoms with van der Waals surface area (Å²) in [4.78, 5) is 8.99. The van der Waals surface area contributed by atoms with Crippen LogP contribution in [-0.4, -0.2) is 15.7 Å². The Bertz CT molecular complexity index is 632. The maximum Gasteiger partial charge on any atom is 0.223 e. The molecule has 2 aromatic rings. The monoisotopic (exact) mass is 310 g/mol. The first-order valence-electron chi connectivity index (χ1n) is 6.10. The molecular formula is C13H12ClFN4S. The van der Waals surface area contributed by atoms with Crippen LogP contribution in [0.4, 0.5) is 16.2 Å². The van der Waals surface area contributed by atoms with Gasteiger partial charge in [0.15, 0.2) is 0 Å². The number of rotatable bonds is 2. The molecule has 1 aromatic heterocycles. The molecule has 7 heteroatoms. The summed E-state index contributed by atoms with van der Waals surface area (Å²) < 4.78 is 13.4. The van der Waals surface area contributed by atoms with Crippen molar-refractivity contribution in [1.82, 2.24) is 9.97 Å². The van der Waals surface area contributed by atoms with Gasteiger partial charge in [-0.25, -0.2) is 9.37 Å². The van der Waals surface area contributed by atoms with E-state index in [1.165, 1.54) is 6.07 Å². The van der Waals surface area contributed by atoms with Crippen LogP contribution in [0.3, 0.4) is 0 Å². The highest BCUT2D eigenvalue weighted by Crippen LogP contribution is 2.38. The number of anilines is 2. The Kier molecular flexibility index (Phi) is 3.67. The Morgan fingerprint density at radius 2 is 2.20 bits per heavy atom. The molecule has 3 rings (SSSR count). The lowest BCUT2D eigenvalue weighted by Gasteiger charge is -2.26. The van der Waals surface area contributed by atoms with Gasteiger partial charge in [0.25, 0.3) is 0 Å². The van der Waals surface area contributed by atoms with E-state index < -0.39 is 0 Å². The quantitative estimate of drug-likeness (QED) is 0.831. The lowest BCUT2D eigenvalue weighted by atomic mass is 10.0. The SMILES string of the molecule is Nc1nc(Cl)cc(NC2CCSc3ccc(F)cc32)n1. The number of aromatic nitrogens is 2. The Morgan fingerprint density at radius 1 is 1.35 bits per heavy atom. The molecule has 1 aliphatic heterocycles. The van der Waals surface area contributed by atoms with Crippen molar-refractivity contribution in [2.45, 2.75) is 17.4 Å². The minimum Gasteiger partial charge on any atom is -0.368 e. The second kappa shape index (κ2) is 5.46. The topological polar surface area (TPSA) is 63.8 Å². The van der Waals surface area contributed by atoms with Crippen LogP contribution in [0.5, 0.6) is 0 Å². The van der Waals surface area contributed by atoms with Crippen LogP contribution >= 0.6 is 23.4 Å². The maximum atomic E-state index is 13.4. The molecule has 0 radical (unpaired) electrons. The summed E-state index contributed by atoms with van der Waals surface area (Å²) in [5.41, 5.74) is 6.51. The van der Waals surface area contributed by atoms with E-state index in [2.05, 4.69) is 15.3 Å². The normalized spacial score (nSPS) is 17.6. The fraction of sp³-hybridized carbons (Fsp3) is 0.231. The predicted molar refractivity (Wildman–Crippen MR) is 79.6 cm³/mol. The van der Waals surface area contributed by atoms with Gasteiger partial charge in [-0.2, -0.15) is 4.98 Å². The average Bonchev–Trinajstić information content (AvgIpc) is 2.38. The molecule has 2 heterocycles. The maximum absolute atomic E-state index is 13.4. The summed E-state index contributed by atoms with van der Waals surface area (Å²) in [6.07, 6.45) is 0.878. The second-order valence-corrected chi connectivity index (χ2v) is 5.97. The van der Waals surface area contributed by atoms with E-state index in [0.29, 0.717) is 5.82 Å². The summed E-state index contributed by atoms with van der Waals surface area (Å²) >= 11 is 7.59. The van der Waals surface area contributed by atoms with E-state index >= 15 is 0 Å². The number of nitrogens with two attached hydrogens (primary N) is 1. The van der Waals surface area contributed by atoms with Crippen LogP contribution in [-0.2, 0) is 0 Å². The number of nitrogens with zero attached hydrogens (tertiary/aromatic N) is 2. The highest BCUT2D eigenvalue weighted by Gasteiger charge is 2.21. The molecule has 0 saturated carbocycles. The highest BCUT2D eigenvalue weighted by molar-refractivity contribution is 7.99. The third kappa shape index (κ3) is 2.81. The summed E-state index contributed by atoms with van der Waals surface area (Å²) in [5, 5.41) is 3.53. The Morgan fingerprint density at radius 3 is 3.00 bits per heavy atom. The average molecular weight is 311 g/mol. The fourth-order valence-electron chi connectivity index (χ4n) is 2.20. The molecule has 0 amide bonds. The van der Waals surface area contributed by atoms with Crippen molar-refractivity contribution in [3.05, 3.63) is 40.8 Å². The van der Waals surface area contributed by atoms with Gasteiger partial charge in [0.05, 0.1) is 6.04 Å². The largest absolute Gasteiger partial charge is 0.368 e. The van der Waals surface area contributed by atoms with Crippen LogP contribution in [0.25, 0.3) is 0 Å². The number of thioether (sulfide) groups is 1. The van der Waals surface area contributed by atoms with Gasteiger partial charge in [-0.3, -0.25) is 0 Å².